The molecule has 21 heavy (non-hydrogen) atoms. The van der Waals surface area contributed by atoms with E-state index in [2.05, 4.69) is 12.2 Å². The highest BCUT2D eigenvalue weighted by atomic mass is 19.1. The van der Waals surface area contributed by atoms with Crippen LogP contribution in [0.4, 0.5) is 10.1 Å². The molecule has 0 saturated carbocycles. The van der Waals surface area contributed by atoms with Crippen molar-refractivity contribution in [1.29, 1.82) is 0 Å². The summed E-state index contributed by atoms with van der Waals surface area (Å²) in [7, 11) is 0. The number of hydrogen-bond acceptors (Lipinski definition) is 4. The molecule has 5 heteroatoms. The number of aliphatic hydroxyl groups is 1. The van der Waals surface area contributed by atoms with Gasteiger partial charge in [0.15, 0.2) is 0 Å². The van der Waals surface area contributed by atoms with Crippen LogP contribution in [-0.4, -0.2) is 44.2 Å². The first-order valence-electron chi connectivity index (χ1n) is 7.46. The van der Waals surface area contributed by atoms with Crippen LogP contribution in [0.25, 0.3) is 0 Å². The van der Waals surface area contributed by atoms with Gasteiger partial charge in [-0.1, -0.05) is 13.3 Å². The van der Waals surface area contributed by atoms with E-state index in [0.717, 1.165) is 25.0 Å². The van der Waals surface area contributed by atoms with Crippen LogP contribution in [0.5, 0.6) is 0 Å². The molecule has 1 rings (SSSR count). The van der Waals surface area contributed by atoms with Crippen molar-refractivity contribution in [3.8, 4) is 0 Å². The van der Waals surface area contributed by atoms with Crippen LogP contribution in [0, 0.1) is 12.7 Å². The fourth-order valence-corrected chi connectivity index (χ4v) is 1.82. The number of nitrogens with one attached hydrogen (secondary N) is 1. The van der Waals surface area contributed by atoms with Gasteiger partial charge in [0.25, 0.3) is 0 Å². The van der Waals surface area contributed by atoms with E-state index in [0.29, 0.717) is 25.4 Å². The fraction of sp³-hybridized carbons (Fsp3) is 0.625. The monoisotopic (exact) mass is 299 g/mol. The lowest BCUT2D eigenvalue weighted by molar-refractivity contribution is 0.00749. The summed E-state index contributed by atoms with van der Waals surface area (Å²) >= 11 is 0. The molecule has 1 aromatic rings. The van der Waals surface area contributed by atoms with Gasteiger partial charge >= 0.3 is 0 Å². The molecule has 0 fully saturated rings. The van der Waals surface area contributed by atoms with Crippen LogP contribution in [0.15, 0.2) is 18.2 Å². The number of aryl methyl sites for hydroxylation is 1. The van der Waals surface area contributed by atoms with Crippen molar-refractivity contribution >= 4 is 5.69 Å². The molecule has 0 amide bonds. The molecule has 0 aliphatic rings. The second-order valence-electron chi connectivity index (χ2n) is 5.09. The van der Waals surface area contributed by atoms with Gasteiger partial charge < -0.3 is 19.9 Å². The number of rotatable bonds is 11. The quantitative estimate of drug-likeness (QED) is 0.617. The normalized spacial score (nSPS) is 12.4. The van der Waals surface area contributed by atoms with E-state index in [1.165, 1.54) is 12.1 Å². The topological polar surface area (TPSA) is 50.7 Å². The maximum atomic E-state index is 13.2. The summed E-state index contributed by atoms with van der Waals surface area (Å²) in [6.07, 6.45) is 1.54. The summed E-state index contributed by atoms with van der Waals surface area (Å²) in [5, 5.41) is 12.8. The summed E-state index contributed by atoms with van der Waals surface area (Å²) in [5.41, 5.74) is 1.50. The van der Waals surface area contributed by atoms with Crippen molar-refractivity contribution in [3.05, 3.63) is 29.6 Å². The van der Waals surface area contributed by atoms with Gasteiger partial charge in [-0.2, -0.15) is 0 Å². The molecule has 120 valence electrons. The van der Waals surface area contributed by atoms with Crippen molar-refractivity contribution in [2.75, 3.05) is 38.3 Å². The van der Waals surface area contributed by atoms with Crippen LogP contribution in [-0.2, 0) is 9.47 Å². The van der Waals surface area contributed by atoms with E-state index in [4.69, 9.17) is 9.47 Å². The van der Waals surface area contributed by atoms with Crippen molar-refractivity contribution in [2.24, 2.45) is 0 Å². The molecule has 0 spiro atoms. The third-order valence-corrected chi connectivity index (χ3v) is 2.91. The first-order valence-corrected chi connectivity index (χ1v) is 7.46. The summed E-state index contributed by atoms with van der Waals surface area (Å²) in [6.45, 7) is 6.26. The van der Waals surface area contributed by atoms with Crippen molar-refractivity contribution in [3.63, 3.8) is 0 Å². The van der Waals surface area contributed by atoms with Crippen molar-refractivity contribution < 1.29 is 19.0 Å². The predicted octanol–water partition coefficient (Wildman–Crippen LogP) is 2.74. The number of ether oxygens (including phenoxy) is 2. The van der Waals surface area contributed by atoms with Crippen LogP contribution in [0.2, 0.25) is 0 Å². The summed E-state index contributed by atoms with van der Waals surface area (Å²) < 4.78 is 23.9. The number of anilines is 1. The minimum Gasteiger partial charge on any atom is -0.389 e. The molecular weight excluding hydrogens is 273 g/mol. The van der Waals surface area contributed by atoms with Gasteiger partial charge in [0.2, 0.25) is 0 Å². The fourth-order valence-electron chi connectivity index (χ4n) is 1.82. The van der Waals surface area contributed by atoms with Crippen molar-refractivity contribution in [2.45, 2.75) is 32.8 Å². The Morgan fingerprint density at radius 2 is 1.95 bits per heavy atom. The van der Waals surface area contributed by atoms with Gasteiger partial charge in [0, 0.05) is 18.8 Å². The molecule has 2 N–H and O–H groups in total. The van der Waals surface area contributed by atoms with Gasteiger partial charge in [-0.25, -0.2) is 4.39 Å². The highest BCUT2D eigenvalue weighted by Crippen LogP contribution is 2.13. The highest BCUT2D eigenvalue weighted by molar-refractivity contribution is 5.46. The molecule has 1 aromatic carbocycles. The smallest absolute Gasteiger partial charge is 0.125 e. The Balaban J connectivity index is 2.09. The predicted molar refractivity (Wildman–Crippen MR) is 82.2 cm³/mol. The van der Waals surface area contributed by atoms with E-state index < -0.39 is 6.10 Å². The highest BCUT2D eigenvalue weighted by Gasteiger charge is 2.05. The second-order valence-corrected chi connectivity index (χ2v) is 5.09. The van der Waals surface area contributed by atoms with E-state index in [1.807, 2.05) is 13.0 Å². The second kappa shape index (κ2) is 10.5. The minimum atomic E-state index is -0.635. The molecule has 0 aromatic heterocycles. The molecule has 0 aliphatic carbocycles. The minimum absolute atomic E-state index is 0.235. The van der Waals surface area contributed by atoms with E-state index >= 15 is 0 Å². The Labute approximate surface area is 126 Å². The number of benzene rings is 1. The average Bonchev–Trinajstić information content (AvgIpc) is 2.43. The number of halogens is 1. The van der Waals surface area contributed by atoms with Crippen LogP contribution in [0.1, 0.15) is 25.3 Å². The first-order chi connectivity index (χ1) is 10.1. The van der Waals surface area contributed by atoms with Gasteiger partial charge in [-0.05, 0) is 37.1 Å². The Hall–Kier alpha value is -1.17. The SMILES string of the molecule is CCCCOCCOCC(O)CNc1cc(C)cc(F)c1. The van der Waals surface area contributed by atoms with Crippen LogP contribution >= 0.6 is 0 Å². The molecule has 0 radical (unpaired) electrons. The van der Waals surface area contributed by atoms with E-state index in [-0.39, 0.29) is 12.4 Å². The van der Waals surface area contributed by atoms with Gasteiger partial charge in [-0.15, -0.1) is 0 Å². The number of unbranched alkanes of at least 4 members (excludes halogenated alkanes) is 1. The zero-order valence-corrected chi connectivity index (χ0v) is 12.9. The molecule has 0 aliphatic heterocycles. The zero-order chi connectivity index (χ0) is 15.5. The Morgan fingerprint density at radius 3 is 2.67 bits per heavy atom. The summed E-state index contributed by atoms with van der Waals surface area (Å²) in [6, 6.07) is 4.70. The lowest BCUT2D eigenvalue weighted by Crippen LogP contribution is -2.25. The largest absolute Gasteiger partial charge is 0.389 e. The Kier molecular flexibility index (Phi) is 8.98. The van der Waals surface area contributed by atoms with Crippen LogP contribution in [0.3, 0.4) is 0 Å². The summed E-state index contributed by atoms with van der Waals surface area (Å²) in [4.78, 5) is 0. The molecule has 4 nitrogen and oxygen atoms in total. The first kappa shape index (κ1) is 17.9. The summed E-state index contributed by atoms with van der Waals surface area (Å²) in [5.74, 6) is -0.285. The third-order valence-electron chi connectivity index (χ3n) is 2.91. The molecule has 0 bridgehead atoms. The van der Waals surface area contributed by atoms with Gasteiger partial charge in [0.05, 0.1) is 25.9 Å². The molecule has 0 heterocycles. The van der Waals surface area contributed by atoms with Crippen LogP contribution < -0.4 is 5.32 Å². The number of aliphatic hydroxyl groups excluding tert-OH is 1. The molecule has 1 unspecified atom stereocenters. The average molecular weight is 299 g/mol. The standard InChI is InChI=1S/C16H26FNO3/c1-3-4-5-20-6-7-21-12-16(19)11-18-15-9-13(2)8-14(17)10-15/h8-10,16,18-19H,3-7,11-12H2,1-2H3. The van der Waals surface area contributed by atoms with E-state index in [9.17, 15) is 9.50 Å². The lowest BCUT2D eigenvalue weighted by Gasteiger charge is -2.14. The molecular formula is C16H26FNO3. The Bertz CT molecular complexity index is 381. The van der Waals surface area contributed by atoms with E-state index in [1.54, 1.807) is 0 Å². The maximum Gasteiger partial charge on any atom is 0.125 e. The molecule has 1 atom stereocenters. The third kappa shape index (κ3) is 8.65. The van der Waals surface area contributed by atoms with Gasteiger partial charge in [0.1, 0.15) is 5.82 Å². The molecule has 0 saturated heterocycles. The van der Waals surface area contributed by atoms with Crippen molar-refractivity contribution in [1.82, 2.24) is 0 Å². The zero-order valence-electron chi connectivity index (χ0n) is 12.9. The Morgan fingerprint density at radius 1 is 1.19 bits per heavy atom. The maximum absolute atomic E-state index is 13.2. The lowest BCUT2D eigenvalue weighted by atomic mass is 10.2. The van der Waals surface area contributed by atoms with Gasteiger partial charge in [-0.3, -0.25) is 0 Å². The number of hydrogen-bond donors (Lipinski definition) is 2.